The highest BCUT2D eigenvalue weighted by Gasteiger charge is 2.51. The van der Waals surface area contributed by atoms with Crippen LogP contribution in [0.2, 0.25) is 0 Å². The fraction of sp³-hybridized carbons (Fsp3) is 0.611. The summed E-state index contributed by atoms with van der Waals surface area (Å²) >= 11 is 0. The van der Waals surface area contributed by atoms with Crippen molar-refractivity contribution >= 4 is 5.97 Å². The van der Waals surface area contributed by atoms with E-state index in [9.17, 15) is 23.1 Å². The molecule has 25 heavy (non-hydrogen) atoms. The summed E-state index contributed by atoms with van der Waals surface area (Å²) in [5, 5.41) is 12.0. The van der Waals surface area contributed by atoms with Gasteiger partial charge in [-0.05, 0) is 39.7 Å². The van der Waals surface area contributed by atoms with Crippen LogP contribution >= 0.6 is 0 Å². The van der Waals surface area contributed by atoms with E-state index in [0.29, 0.717) is 5.56 Å². The Balaban J connectivity index is 2.90. The van der Waals surface area contributed by atoms with Crippen molar-refractivity contribution in [3.8, 4) is 0 Å². The number of benzene rings is 1. The lowest BCUT2D eigenvalue weighted by Crippen LogP contribution is -2.56. The van der Waals surface area contributed by atoms with E-state index >= 15 is 0 Å². The maximum absolute atomic E-state index is 13.6. The minimum absolute atomic E-state index is 0.382. The van der Waals surface area contributed by atoms with Crippen molar-refractivity contribution in [3.05, 3.63) is 35.9 Å². The van der Waals surface area contributed by atoms with Crippen molar-refractivity contribution < 1.29 is 27.8 Å². The summed E-state index contributed by atoms with van der Waals surface area (Å²) in [7, 11) is 0. The second-order valence-electron chi connectivity index (χ2n) is 7.21. The zero-order valence-electron chi connectivity index (χ0n) is 15.0. The molecule has 0 saturated carbocycles. The van der Waals surface area contributed by atoms with Crippen LogP contribution in [0.25, 0.3) is 0 Å². The van der Waals surface area contributed by atoms with Crippen molar-refractivity contribution in [2.45, 2.75) is 63.9 Å². The molecule has 2 unspecified atom stereocenters. The van der Waals surface area contributed by atoms with Gasteiger partial charge in [0.15, 0.2) is 0 Å². The van der Waals surface area contributed by atoms with Gasteiger partial charge in [-0.25, -0.2) is 0 Å². The first-order valence-electron chi connectivity index (χ1n) is 8.10. The molecule has 0 aliphatic heterocycles. The number of aliphatic hydroxyl groups is 1. The zero-order valence-corrected chi connectivity index (χ0v) is 15.0. The average Bonchev–Trinajstić information content (AvgIpc) is 2.49. The van der Waals surface area contributed by atoms with Crippen molar-refractivity contribution in [3.63, 3.8) is 0 Å². The number of halogens is 3. The molecule has 0 aliphatic rings. The van der Waals surface area contributed by atoms with Gasteiger partial charge in [0.05, 0.1) is 12.6 Å². The molecule has 0 spiro atoms. The summed E-state index contributed by atoms with van der Waals surface area (Å²) in [6.45, 7) is 5.46. The minimum Gasteiger partial charge on any atom is -0.460 e. The first-order valence-corrected chi connectivity index (χ1v) is 8.10. The van der Waals surface area contributed by atoms with Crippen LogP contribution in [-0.4, -0.2) is 35.0 Å². The Morgan fingerprint density at radius 1 is 1.16 bits per heavy atom. The molecule has 0 amide bonds. The van der Waals surface area contributed by atoms with Crippen LogP contribution in [0, 0.1) is 0 Å². The van der Waals surface area contributed by atoms with E-state index < -0.39 is 42.4 Å². The van der Waals surface area contributed by atoms with E-state index in [1.54, 1.807) is 51.1 Å². The molecule has 142 valence electrons. The van der Waals surface area contributed by atoms with E-state index in [-0.39, 0.29) is 6.42 Å². The Kier molecular flexibility index (Phi) is 7.02. The third-order valence-corrected chi connectivity index (χ3v) is 3.75. The number of aliphatic hydroxyl groups excluding tert-OH is 1. The average molecular weight is 361 g/mol. The van der Waals surface area contributed by atoms with Crippen LogP contribution in [0.5, 0.6) is 0 Å². The van der Waals surface area contributed by atoms with E-state index in [1.807, 2.05) is 0 Å². The summed E-state index contributed by atoms with van der Waals surface area (Å²) in [6, 6.07) is 7.49. The smallest absolute Gasteiger partial charge is 0.406 e. The Bertz CT molecular complexity index is 555. The molecule has 4 nitrogen and oxygen atoms in total. The van der Waals surface area contributed by atoms with Crippen molar-refractivity contribution in [2.75, 3.05) is 6.61 Å². The number of rotatable bonds is 7. The number of nitrogens with one attached hydrogen (secondary N) is 1. The fourth-order valence-electron chi connectivity index (χ4n) is 2.34. The van der Waals surface area contributed by atoms with Gasteiger partial charge < -0.3 is 9.84 Å². The molecule has 0 aromatic heterocycles. The number of esters is 1. The Hall–Kier alpha value is -1.60. The molecular formula is C18H26F3NO3. The third kappa shape index (κ3) is 6.66. The van der Waals surface area contributed by atoms with Gasteiger partial charge in [0.1, 0.15) is 11.1 Å². The summed E-state index contributed by atoms with van der Waals surface area (Å²) in [5.74, 6) is -0.690. The van der Waals surface area contributed by atoms with Crippen LogP contribution in [0.1, 0.15) is 52.1 Å². The van der Waals surface area contributed by atoms with E-state index in [2.05, 4.69) is 5.32 Å². The summed E-state index contributed by atoms with van der Waals surface area (Å²) < 4.78 is 45.9. The van der Waals surface area contributed by atoms with E-state index in [4.69, 9.17) is 4.74 Å². The lowest BCUT2D eigenvalue weighted by molar-refractivity contribution is -0.198. The quantitative estimate of drug-likeness (QED) is 0.726. The first-order chi connectivity index (χ1) is 11.4. The van der Waals surface area contributed by atoms with Gasteiger partial charge in [-0.1, -0.05) is 30.3 Å². The predicted octanol–water partition coefficient (Wildman–Crippen LogP) is 3.75. The molecule has 0 bridgehead atoms. The van der Waals surface area contributed by atoms with Crippen LogP contribution in [-0.2, 0) is 9.53 Å². The molecule has 0 heterocycles. The monoisotopic (exact) mass is 361 g/mol. The standard InChI is InChI=1S/C18H26F3NO3/c1-16(2,3)25-15(24)10-11-17(4,18(19,20)21)22-14(12-23)13-8-6-5-7-9-13/h5-9,14,22-23H,10-12H2,1-4H3. The molecule has 1 aromatic carbocycles. The van der Waals surface area contributed by atoms with Crippen molar-refractivity contribution in [1.29, 1.82) is 0 Å². The first kappa shape index (κ1) is 21.4. The van der Waals surface area contributed by atoms with Gasteiger partial charge in [0, 0.05) is 6.42 Å². The highest BCUT2D eigenvalue weighted by Crippen LogP contribution is 2.36. The van der Waals surface area contributed by atoms with Gasteiger partial charge in [-0.15, -0.1) is 0 Å². The molecule has 0 fully saturated rings. The van der Waals surface area contributed by atoms with Crippen LogP contribution < -0.4 is 5.32 Å². The molecule has 2 N–H and O–H groups in total. The molecule has 0 saturated heterocycles. The molecule has 0 radical (unpaired) electrons. The van der Waals surface area contributed by atoms with Crippen molar-refractivity contribution in [1.82, 2.24) is 5.32 Å². The zero-order chi connectivity index (χ0) is 19.3. The number of alkyl halides is 3. The van der Waals surface area contributed by atoms with Gasteiger partial charge >= 0.3 is 12.1 Å². The van der Waals surface area contributed by atoms with Gasteiger partial charge in [0.2, 0.25) is 0 Å². The number of carbonyl (C=O) groups excluding carboxylic acids is 1. The number of carbonyl (C=O) groups is 1. The SMILES string of the molecule is CC(C)(C)OC(=O)CCC(C)(NC(CO)c1ccccc1)C(F)(F)F. The second-order valence-corrected chi connectivity index (χ2v) is 7.21. The lowest BCUT2D eigenvalue weighted by Gasteiger charge is -2.36. The minimum atomic E-state index is -4.60. The Morgan fingerprint density at radius 3 is 2.16 bits per heavy atom. The number of ether oxygens (including phenoxy) is 1. The summed E-state index contributed by atoms with van der Waals surface area (Å²) in [5.41, 5.74) is -2.55. The maximum atomic E-state index is 13.6. The second kappa shape index (κ2) is 8.19. The Morgan fingerprint density at radius 2 is 1.72 bits per heavy atom. The number of hydrogen-bond acceptors (Lipinski definition) is 4. The van der Waals surface area contributed by atoms with Gasteiger partial charge in [0.25, 0.3) is 0 Å². The van der Waals surface area contributed by atoms with Crippen LogP contribution in [0.15, 0.2) is 30.3 Å². The molecular weight excluding hydrogens is 335 g/mol. The van der Waals surface area contributed by atoms with E-state index in [0.717, 1.165) is 6.92 Å². The molecule has 1 rings (SSSR count). The molecule has 7 heteroatoms. The molecule has 1 aromatic rings. The maximum Gasteiger partial charge on any atom is 0.406 e. The highest BCUT2D eigenvalue weighted by molar-refractivity contribution is 5.70. The number of hydrogen-bond donors (Lipinski definition) is 2. The molecule has 0 aliphatic carbocycles. The normalized spacial score (nSPS) is 16.2. The molecule has 2 atom stereocenters. The van der Waals surface area contributed by atoms with Gasteiger partial charge in [-0.2, -0.15) is 13.2 Å². The van der Waals surface area contributed by atoms with Crippen molar-refractivity contribution in [2.24, 2.45) is 0 Å². The largest absolute Gasteiger partial charge is 0.460 e. The highest BCUT2D eigenvalue weighted by atomic mass is 19.4. The van der Waals surface area contributed by atoms with E-state index in [1.165, 1.54) is 0 Å². The Labute approximate surface area is 146 Å². The summed E-state index contributed by atoms with van der Waals surface area (Å²) in [4.78, 5) is 11.8. The lowest BCUT2D eigenvalue weighted by atomic mass is 9.92. The van der Waals surface area contributed by atoms with Crippen LogP contribution in [0.3, 0.4) is 0 Å². The third-order valence-electron chi connectivity index (χ3n) is 3.75. The predicted molar refractivity (Wildman–Crippen MR) is 88.9 cm³/mol. The van der Waals surface area contributed by atoms with Gasteiger partial charge in [-0.3, -0.25) is 10.1 Å². The fourth-order valence-corrected chi connectivity index (χ4v) is 2.34. The van der Waals surface area contributed by atoms with Crippen LogP contribution in [0.4, 0.5) is 13.2 Å². The topological polar surface area (TPSA) is 58.6 Å². The summed E-state index contributed by atoms with van der Waals surface area (Å²) in [6.07, 6.45) is -5.47.